The number of aryl methyl sites for hydroxylation is 1. The largest absolute Gasteiger partial charge is 0.349 e. The molecule has 0 bridgehead atoms. The molecule has 3 N–H and O–H groups in total. The summed E-state index contributed by atoms with van der Waals surface area (Å²) in [6.45, 7) is 3.00. The Balaban J connectivity index is 2.66. The highest BCUT2D eigenvalue weighted by atomic mass is 127. The third-order valence-corrected chi connectivity index (χ3v) is 3.55. The molecule has 0 aromatic heterocycles. The van der Waals surface area contributed by atoms with Gasteiger partial charge in [0.05, 0.1) is 5.56 Å². The first-order chi connectivity index (χ1) is 7.66. The molecule has 1 aromatic carbocycles. The van der Waals surface area contributed by atoms with Crippen LogP contribution < -0.4 is 11.1 Å². The Morgan fingerprint density at radius 2 is 2.25 bits per heavy atom. The van der Waals surface area contributed by atoms with E-state index in [9.17, 15) is 4.79 Å². The van der Waals surface area contributed by atoms with Gasteiger partial charge in [0.25, 0.3) is 5.91 Å². The summed E-state index contributed by atoms with van der Waals surface area (Å²) in [5.41, 5.74) is 7.14. The molecule has 0 aliphatic rings. The van der Waals surface area contributed by atoms with E-state index in [0.717, 1.165) is 14.7 Å². The third-order valence-electron chi connectivity index (χ3n) is 2.12. The lowest BCUT2D eigenvalue weighted by molar-refractivity contribution is 0.0957. The predicted molar refractivity (Wildman–Crippen MR) is 74.4 cm³/mol. The van der Waals surface area contributed by atoms with Crippen molar-refractivity contribution in [3.05, 3.63) is 45.0 Å². The molecule has 0 saturated carbocycles. The average Bonchev–Trinajstić information content (AvgIpc) is 2.28. The normalized spacial score (nSPS) is 10.7. The highest BCUT2D eigenvalue weighted by Crippen LogP contribution is 2.16. The Morgan fingerprint density at radius 1 is 1.50 bits per heavy atom. The zero-order valence-corrected chi connectivity index (χ0v) is 11.3. The monoisotopic (exact) mass is 330 g/mol. The summed E-state index contributed by atoms with van der Waals surface area (Å²) < 4.78 is 1.00. The molecule has 3 nitrogen and oxygen atoms in total. The highest BCUT2D eigenvalue weighted by Gasteiger charge is 2.09. The van der Waals surface area contributed by atoms with Crippen molar-refractivity contribution in [3.63, 3.8) is 0 Å². The van der Waals surface area contributed by atoms with Crippen LogP contribution in [0.5, 0.6) is 0 Å². The molecular weight excluding hydrogens is 315 g/mol. The van der Waals surface area contributed by atoms with Crippen molar-refractivity contribution >= 4 is 28.5 Å². The molecule has 0 spiro atoms. The lowest BCUT2D eigenvalue weighted by Crippen LogP contribution is -2.24. The number of halogens is 1. The summed E-state index contributed by atoms with van der Waals surface area (Å²) in [5, 5.41) is 2.82. The van der Waals surface area contributed by atoms with Crippen molar-refractivity contribution in [3.8, 4) is 0 Å². The van der Waals surface area contributed by atoms with Gasteiger partial charge in [-0.25, -0.2) is 0 Å². The molecule has 4 heteroatoms. The van der Waals surface area contributed by atoms with Crippen LogP contribution in [-0.4, -0.2) is 19.0 Å². The standard InChI is InChI=1S/C12H15IN2O/c1-9-5-4-6-10(11(9)13)12(16)15-8-3-2-7-14/h2-6H,7-8,14H2,1H3,(H,15,16)/b3-2+. The predicted octanol–water partition coefficient (Wildman–Crippen LogP) is 1.84. The van der Waals surface area contributed by atoms with Gasteiger partial charge in [-0.05, 0) is 41.1 Å². The molecule has 0 heterocycles. The summed E-state index contributed by atoms with van der Waals surface area (Å²) >= 11 is 2.19. The summed E-state index contributed by atoms with van der Waals surface area (Å²) in [4.78, 5) is 11.8. The van der Waals surface area contributed by atoms with Gasteiger partial charge in [-0.2, -0.15) is 0 Å². The smallest absolute Gasteiger partial charge is 0.252 e. The van der Waals surface area contributed by atoms with Gasteiger partial charge in [0, 0.05) is 16.7 Å². The van der Waals surface area contributed by atoms with E-state index in [2.05, 4.69) is 27.9 Å². The van der Waals surface area contributed by atoms with E-state index >= 15 is 0 Å². The Hall–Kier alpha value is -0.880. The van der Waals surface area contributed by atoms with E-state index in [1.807, 2.05) is 37.3 Å². The minimum atomic E-state index is -0.0465. The van der Waals surface area contributed by atoms with Gasteiger partial charge < -0.3 is 11.1 Å². The molecule has 1 amide bonds. The number of nitrogens with two attached hydrogens (primary N) is 1. The summed E-state index contributed by atoms with van der Waals surface area (Å²) in [5.74, 6) is -0.0465. The fraction of sp³-hybridized carbons (Fsp3) is 0.250. The van der Waals surface area contributed by atoms with Gasteiger partial charge >= 0.3 is 0 Å². The second-order valence-electron chi connectivity index (χ2n) is 3.35. The molecule has 86 valence electrons. The van der Waals surface area contributed by atoms with Crippen molar-refractivity contribution in [1.82, 2.24) is 5.32 Å². The van der Waals surface area contributed by atoms with Gasteiger partial charge in [0.15, 0.2) is 0 Å². The molecule has 0 saturated heterocycles. The minimum absolute atomic E-state index is 0.0465. The lowest BCUT2D eigenvalue weighted by Gasteiger charge is -2.06. The zero-order valence-electron chi connectivity index (χ0n) is 9.16. The summed E-state index contributed by atoms with van der Waals surface area (Å²) in [6, 6.07) is 5.71. The number of nitrogens with one attached hydrogen (secondary N) is 1. The molecule has 16 heavy (non-hydrogen) atoms. The van der Waals surface area contributed by atoms with Crippen molar-refractivity contribution in [2.75, 3.05) is 13.1 Å². The van der Waals surface area contributed by atoms with Crippen molar-refractivity contribution in [2.45, 2.75) is 6.92 Å². The van der Waals surface area contributed by atoms with E-state index in [4.69, 9.17) is 5.73 Å². The molecule has 1 aromatic rings. The third kappa shape index (κ3) is 3.61. The van der Waals surface area contributed by atoms with Gasteiger partial charge in [-0.3, -0.25) is 4.79 Å². The number of benzene rings is 1. The molecule has 0 aliphatic heterocycles. The van der Waals surface area contributed by atoms with Crippen LogP contribution in [0.2, 0.25) is 0 Å². The molecule has 0 radical (unpaired) electrons. The minimum Gasteiger partial charge on any atom is -0.349 e. The van der Waals surface area contributed by atoms with Crippen LogP contribution in [0.25, 0.3) is 0 Å². The molecule has 0 aliphatic carbocycles. The van der Waals surface area contributed by atoms with Crippen LogP contribution in [0.1, 0.15) is 15.9 Å². The number of amides is 1. The molecule has 0 unspecified atom stereocenters. The Bertz CT molecular complexity index is 402. The molecule has 0 fully saturated rings. The maximum absolute atomic E-state index is 11.8. The quantitative estimate of drug-likeness (QED) is 0.654. The fourth-order valence-corrected chi connectivity index (χ4v) is 1.85. The molecular formula is C12H15IN2O. The first kappa shape index (κ1) is 13.2. The molecule has 1 rings (SSSR count). The fourth-order valence-electron chi connectivity index (χ4n) is 1.25. The number of carbonyl (C=O) groups excluding carboxylic acids is 1. The van der Waals surface area contributed by atoms with Gasteiger partial charge in [0.1, 0.15) is 0 Å². The second kappa shape index (κ2) is 6.65. The van der Waals surface area contributed by atoms with E-state index in [0.29, 0.717) is 13.1 Å². The summed E-state index contributed by atoms with van der Waals surface area (Å²) in [7, 11) is 0. The van der Waals surface area contributed by atoms with Gasteiger partial charge in [-0.15, -0.1) is 0 Å². The van der Waals surface area contributed by atoms with E-state index < -0.39 is 0 Å². The zero-order chi connectivity index (χ0) is 12.0. The Morgan fingerprint density at radius 3 is 2.94 bits per heavy atom. The molecule has 0 atom stereocenters. The lowest BCUT2D eigenvalue weighted by atomic mass is 10.1. The highest BCUT2D eigenvalue weighted by molar-refractivity contribution is 14.1. The first-order valence-corrected chi connectivity index (χ1v) is 6.13. The van der Waals surface area contributed by atoms with Crippen molar-refractivity contribution < 1.29 is 4.79 Å². The van der Waals surface area contributed by atoms with Crippen LogP contribution in [0.15, 0.2) is 30.4 Å². The van der Waals surface area contributed by atoms with Crippen LogP contribution in [0.3, 0.4) is 0 Å². The number of hydrogen-bond acceptors (Lipinski definition) is 2. The van der Waals surface area contributed by atoms with Crippen LogP contribution >= 0.6 is 22.6 Å². The Kier molecular flexibility index (Phi) is 5.48. The maximum Gasteiger partial charge on any atom is 0.252 e. The van der Waals surface area contributed by atoms with Gasteiger partial charge in [-0.1, -0.05) is 24.3 Å². The first-order valence-electron chi connectivity index (χ1n) is 5.05. The van der Waals surface area contributed by atoms with Crippen molar-refractivity contribution in [1.29, 1.82) is 0 Å². The SMILES string of the molecule is Cc1cccc(C(=O)NC/C=C/CN)c1I. The van der Waals surface area contributed by atoms with Crippen molar-refractivity contribution in [2.24, 2.45) is 5.73 Å². The van der Waals surface area contributed by atoms with E-state index in [1.54, 1.807) is 0 Å². The Labute approximate surface area is 109 Å². The topological polar surface area (TPSA) is 55.1 Å². The number of rotatable bonds is 4. The van der Waals surface area contributed by atoms with Crippen LogP contribution in [0, 0.1) is 10.5 Å². The maximum atomic E-state index is 11.8. The van der Waals surface area contributed by atoms with Crippen LogP contribution in [-0.2, 0) is 0 Å². The number of carbonyl (C=O) groups is 1. The number of hydrogen-bond donors (Lipinski definition) is 2. The summed E-state index contributed by atoms with van der Waals surface area (Å²) in [6.07, 6.45) is 3.67. The average molecular weight is 330 g/mol. The van der Waals surface area contributed by atoms with Gasteiger partial charge in [0.2, 0.25) is 0 Å². The van der Waals surface area contributed by atoms with E-state index in [-0.39, 0.29) is 5.91 Å². The van der Waals surface area contributed by atoms with E-state index in [1.165, 1.54) is 0 Å². The second-order valence-corrected chi connectivity index (χ2v) is 4.43. The van der Waals surface area contributed by atoms with Crippen LogP contribution in [0.4, 0.5) is 0 Å².